The zero-order valence-corrected chi connectivity index (χ0v) is 17.1. The second kappa shape index (κ2) is 6.92. The summed E-state index contributed by atoms with van der Waals surface area (Å²) in [6.07, 6.45) is 3.47. The molecule has 0 unspecified atom stereocenters. The first-order valence-electron chi connectivity index (χ1n) is 11.2. The van der Waals surface area contributed by atoms with Crippen molar-refractivity contribution in [3.8, 4) is 0 Å². The lowest BCUT2D eigenvalue weighted by atomic mass is 9.92. The standard InChI is InChI=1S/C25H30N2O2/c1-3-8-22-20(6-1)16-28-24(22)10-14-26(18-24)12-5-13-27-15-11-25(19-27)23-9-4-2-7-21(23)17-29-25/h1-4,6-9H,5,10-19H2/t24-,25+. The Kier molecular flexibility index (Phi) is 4.31. The molecule has 2 saturated heterocycles. The normalized spacial score (nSPS) is 31.2. The van der Waals surface area contributed by atoms with Gasteiger partial charge in [-0.15, -0.1) is 0 Å². The second-order valence-electron chi connectivity index (χ2n) is 9.29. The van der Waals surface area contributed by atoms with Crippen LogP contribution in [0.3, 0.4) is 0 Å². The van der Waals surface area contributed by atoms with E-state index in [9.17, 15) is 0 Å². The van der Waals surface area contributed by atoms with Crippen LogP contribution in [0.2, 0.25) is 0 Å². The van der Waals surface area contributed by atoms with Crippen molar-refractivity contribution in [1.82, 2.24) is 9.80 Å². The van der Waals surface area contributed by atoms with Gasteiger partial charge < -0.3 is 9.47 Å². The number of benzene rings is 2. The van der Waals surface area contributed by atoms with E-state index in [1.54, 1.807) is 0 Å². The molecule has 0 saturated carbocycles. The maximum Gasteiger partial charge on any atom is 0.108 e. The molecule has 0 aliphatic carbocycles. The van der Waals surface area contributed by atoms with Gasteiger partial charge in [0.2, 0.25) is 0 Å². The summed E-state index contributed by atoms with van der Waals surface area (Å²) in [6, 6.07) is 17.6. The van der Waals surface area contributed by atoms with Gasteiger partial charge in [-0.3, -0.25) is 9.80 Å². The monoisotopic (exact) mass is 390 g/mol. The zero-order chi connectivity index (χ0) is 19.3. The van der Waals surface area contributed by atoms with Crippen LogP contribution in [-0.4, -0.2) is 49.1 Å². The van der Waals surface area contributed by atoms with Crippen molar-refractivity contribution in [2.75, 3.05) is 39.3 Å². The lowest BCUT2D eigenvalue weighted by molar-refractivity contribution is -0.0309. The quantitative estimate of drug-likeness (QED) is 0.796. The number of likely N-dealkylation sites (tertiary alicyclic amines) is 2. The molecule has 4 aliphatic heterocycles. The minimum absolute atomic E-state index is 0.0459. The molecule has 4 nitrogen and oxygen atoms in total. The van der Waals surface area contributed by atoms with Crippen molar-refractivity contribution in [3.05, 3.63) is 70.8 Å². The number of fused-ring (bicyclic) bond motifs is 4. The molecule has 0 bridgehead atoms. The van der Waals surface area contributed by atoms with Crippen LogP contribution >= 0.6 is 0 Å². The average Bonchev–Trinajstić information content (AvgIpc) is 3.53. The Hall–Kier alpha value is -1.72. The third-order valence-electron chi connectivity index (χ3n) is 7.59. The molecule has 2 fully saturated rings. The van der Waals surface area contributed by atoms with E-state index in [-0.39, 0.29) is 11.2 Å². The first-order valence-corrected chi connectivity index (χ1v) is 11.2. The molecule has 2 atom stereocenters. The molecule has 2 spiro atoms. The highest BCUT2D eigenvalue weighted by atomic mass is 16.5. The van der Waals surface area contributed by atoms with Gasteiger partial charge in [-0.1, -0.05) is 48.5 Å². The lowest BCUT2D eigenvalue weighted by Gasteiger charge is -2.26. The van der Waals surface area contributed by atoms with Gasteiger partial charge in [0, 0.05) is 26.2 Å². The molecule has 0 amide bonds. The third-order valence-corrected chi connectivity index (χ3v) is 7.59. The first-order chi connectivity index (χ1) is 14.3. The number of hydrogen-bond acceptors (Lipinski definition) is 4. The van der Waals surface area contributed by atoms with Crippen LogP contribution in [-0.2, 0) is 33.9 Å². The summed E-state index contributed by atoms with van der Waals surface area (Å²) in [5.41, 5.74) is 5.54. The minimum Gasteiger partial charge on any atom is -0.364 e. The van der Waals surface area contributed by atoms with Crippen LogP contribution in [0, 0.1) is 0 Å². The van der Waals surface area contributed by atoms with Crippen LogP contribution in [0.5, 0.6) is 0 Å². The zero-order valence-electron chi connectivity index (χ0n) is 17.1. The fraction of sp³-hybridized carbons (Fsp3) is 0.520. The molecule has 152 valence electrons. The SMILES string of the molecule is c1ccc2c(c1)CO[C@@]21CCN(CCCN2CC[C@@]3(C2)OCc2ccccc23)C1. The van der Waals surface area contributed by atoms with Crippen LogP contribution in [0.25, 0.3) is 0 Å². The molecule has 0 N–H and O–H groups in total. The molecule has 29 heavy (non-hydrogen) atoms. The Morgan fingerprint density at radius 3 is 1.69 bits per heavy atom. The van der Waals surface area contributed by atoms with E-state index in [1.165, 1.54) is 28.7 Å². The van der Waals surface area contributed by atoms with Crippen molar-refractivity contribution in [3.63, 3.8) is 0 Å². The lowest BCUT2D eigenvalue weighted by Crippen LogP contribution is -2.34. The number of hydrogen-bond donors (Lipinski definition) is 0. The van der Waals surface area contributed by atoms with Crippen molar-refractivity contribution in [2.45, 2.75) is 43.7 Å². The number of nitrogens with zero attached hydrogens (tertiary/aromatic N) is 2. The summed E-state index contributed by atoms with van der Waals surface area (Å²) in [4.78, 5) is 5.21. The molecule has 4 heterocycles. The summed E-state index contributed by atoms with van der Waals surface area (Å²) in [7, 11) is 0. The van der Waals surface area contributed by atoms with E-state index in [2.05, 4.69) is 58.3 Å². The van der Waals surface area contributed by atoms with Gasteiger partial charge in [-0.2, -0.15) is 0 Å². The predicted octanol–water partition coefficient (Wildman–Crippen LogP) is 3.64. The minimum atomic E-state index is -0.0459. The maximum absolute atomic E-state index is 6.31. The number of ether oxygens (including phenoxy) is 2. The van der Waals surface area contributed by atoms with Crippen LogP contribution in [0.4, 0.5) is 0 Å². The van der Waals surface area contributed by atoms with Crippen LogP contribution in [0.15, 0.2) is 48.5 Å². The third kappa shape index (κ3) is 2.97. The highest BCUT2D eigenvalue weighted by Gasteiger charge is 2.46. The maximum atomic E-state index is 6.31. The Labute approximate surface area is 173 Å². The van der Waals surface area contributed by atoms with E-state index < -0.39 is 0 Å². The Balaban J connectivity index is 1.03. The van der Waals surface area contributed by atoms with Gasteiger partial charge in [-0.25, -0.2) is 0 Å². The van der Waals surface area contributed by atoms with Crippen molar-refractivity contribution >= 4 is 0 Å². The van der Waals surface area contributed by atoms with Gasteiger partial charge in [0.05, 0.1) is 13.2 Å². The van der Waals surface area contributed by atoms with Crippen molar-refractivity contribution in [1.29, 1.82) is 0 Å². The summed E-state index contributed by atoms with van der Waals surface area (Å²) < 4.78 is 12.6. The highest BCUT2D eigenvalue weighted by Crippen LogP contribution is 2.44. The summed E-state index contributed by atoms with van der Waals surface area (Å²) in [5, 5.41) is 0. The molecular formula is C25H30N2O2. The van der Waals surface area contributed by atoms with Gasteiger partial charge >= 0.3 is 0 Å². The summed E-state index contributed by atoms with van der Waals surface area (Å²) >= 11 is 0. The molecule has 6 rings (SSSR count). The predicted molar refractivity (Wildman–Crippen MR) is 113 cm³/mol. The Bertz CT molecular complexity index is 842. The fourth-order valence-corrected chi connectivity index (χ4v) is 6.06. The molecule has 2 aromatic rings. The van der Waals surface area contributed by atoms with E-state index in [4.69, 9.17) is 9.47 Å². The first kappa shape index (κ1) is 18.1. The Morgan fingerprint density at radius 2 is 1.17 bits per heavy atom. The molecule has 4 heteroatoms. The molecule has 2 aromatic carbocycles. The second-order valence-corrected chi connectivity index (χ2v) is 9.29. The summed E-state index contributed by atoms with van der Waals surface area (Å²) in [5.74, 6) is 0. The molecular weight excluding hydrogens is 360 g/mol. The fourth-order valence-electron chi connectivity index (χ4n) is 6.06. The van der Waals surface area contributed by atoms with Gasteiger partial charge in [0.1, 0.15) is 11.2 Å². The van der Waals surface area contributed by atoms with E-state index in [1.807, 2.05) is 0 Å². The van der Waals surface area contributed by atoms with Crippen LogP contribution in [0.1, 0.15) is 41.5 Å². The van der Waals surface area contributed by atoms with Gasteiger partial charge in [-0.05, 0) is 54.6 Å². The number of rotatable bonds is 4. The Morgan fingerprint density at radius 1 is 0.690 bits per heavy atom. The topological polar surface area (TPSA) is 24.9 Å². The molecule has 0 aromatic heterocycles. The van der Waals surface area contributed by atoms with E-state index in [0.717, 1.165) is 65.3 Å². The smallest absolute Gasteiger partial charge is 0.108 e. The van der Waals surface area contributed by atoms with Gasteiger partial charge in [0.15, 0.2) is 0 Å². The van der Waals surface area contributed by atoms with E-state index >= 15 is 0 Å². The van der Waals surface area contributed by atoms with E-state index in [0.29, 0.717) is 0 Å². The largest absolute Gasteiger partial charge is 0.364 e. The summed E-state index contributed by atoms with van der Waals surface area (Å²) in [6.45, 7) is 8.27. The van der Waals surface area contributed by atoms with Crippen molar-refractivity contribution in [2.24, 2.45) is 0 Å². The molecule has 0 radical (unpaired) electrons. The molecule has 4 aliphatic rings. The van der Waals surface area contributed by atoms with Gasteiger partial charge in [0.25, 0.3) is 0 Å². The van der Waals surface area contributed by atoms with Crippen LogP contribution < -0.4 is 0 Å². The average molecular weight is 391 g/mol. The van der Waals surface area contributed by atoms with Crippen molar-refractivity contribution < 1.29 is 9.47 Å². The highest BCUT2D eigenvalue weighted by molar-refractivity contribution is 5.37.